The van der Waals surface area contributed by atoms with Gasteiger partial charge in [-0.15, -0.1) is 0 Å². The van der Waals surface area contributed by atoms with E-state index in [1.165, 1.54) is 11.6 Å². The third-order valence-electron chi connectivity index (χ3n) is 3.07. The van der Waals surface area contributed by atoms with Crippen molar-refractivity contribution >= 4 is 0 Å². The van der Waals surface area contributed by atoms with Crippen LogP contribution in [0.25, 0.3) is 22.6 Å². The van der Waals surface area contributed by atoms with E-state index in [-0.39, 0.29) is 5.56 Å². The minimum absolute atomic E-state index is 0.172. The molecular formula is C15H14N4O. The van der Waals surface area contributed by atoms with E-state index >= 15 is 0 Å². The number of aromatic amines is 1. The molecule has 0 bridgehead atoms. The van der Waals surface area contributed by atoms with E-state index in [4.69, 9.17) is 0 Å². The Balaban J connectivity index is 2.11. The van der Waals surface area contributed by atoms with Crippen molar-refractivity contribution in [3.63, 3.8) is 0 Å². The molecule has 0 atom stereocenters. The largest absolute Gasteiger partial charge is 0.306 e. The number of hydrogen-bond acceptors (Lipinski definition) is 3. The molecule has 0 aliphatic carbocycles. The zero-order valence-electron chi connectivity index (χ0n) is 11.3. The average Bonchev–Trinajstić information content (AvgIpc) is 2.85. The molecule has 0 radical (unpaired) electrons. The highest BCUT2D eigenvalue weighted by molar-refractivity contribution is 5.62. The Morgan fingerprint density at radius 2 is 1.90 bits per heavy atom. The topological polar surface area (TPSA) is 63.6 Å². The molecule has 0 saturated heterocycles. The molecule has 0 amide bonds. The standard InChI is InChI=1S/C15H14N4O/c1-10-3-5-11(6-4-10)15-17-13(7-14(20)18-15)12-8-16-19(2)9-12/h3-9H,1-2H3,(H,17,18,20). The minimum atomic E-state index is -0.172. The second-order valence-corrected chi connectivity index (χ2v) is 4.75. The van der Waals surface area contributed by atoms with Gasteiger partial charge in [0.05, 0.1) is 11.9 Å². The zero-order valence-corrected chi connectivity index (χ0v) is 11.3. The highest BCUT2D eigenvalue weighted by Gasteiger charge is 2.07. The van der Waals surface area contributed by atoms with Crippen molar-refractivity contribution in [3.05, 3.63) is 58.6 Å². The molecule has 100 valence electrons. The zero-order chi connectivity index (χ0) is 14.1. The first-order valence-corrected chi connectivity index (χ1v) is 6.29. The lowest BCUT2D eigenvalue weighted by atomic mass is 10.1. The fourth-order valence-electron chi connectivity index (χ4n) is 2.01. The van der Waals surface area contributed by atoms with Gasteiger partial charge in [-0.25, -0.2) is 4.98 Å². The van der Waals surface area contributed by atoms with Gasteiger partial charge in [0, 0.05) is 30.4 Å². The van der Waals surface area contributed by atoms with Gasteiger partial charge in [0.2, 0.25) is 0 Å². The SMILES string of the molecule is Cc1ccc(-c2nc(-c3cnn(C)c3)cc(=O)[nH]2)cc1. The number of benzene rings is 1. The summed E-state index contributed by atoms with van der Waals surface area (Å²) >= 11 is 0. The molecule has 2 heterocycles. The third-order valence-corrected chi connectivity index (χ3v) is 3.07. The van der Waals surface area contributed by atoms with Gasteiger partial charge in [-0.05, 0) is 6.92 Å². The molecule has 0 saturated carbocycles. The second kappa shape index (κ2) is 4.77. The van der Waals surface area contributed by atoms with Crippen molar-refractivity contribution in [1.82, 2.24) is 19.7 Å². The van der Waals surface area contributed by atoms with Gasteiger partial charge in [0.1, 0.15) is 5.82 Å². The monoisotopic (exact) mass is 266 g/mol. The van der Waals surface area contributed by atoms with Crippen LogP contribution in [-0.2, 0) is 7.05 Å². The quantitative estimate of drug-likeness (QED) is 0.773. The lowest BCUT2D eigenvalue weighted by Crippen LogP contribution is -2.08. The smallest absolute Gasteiger partial charge is 0.251 e. The first kappa shape index (κ1) is 12.3. The Bertz CT molecular complexity index is 799. The van der Waals surface area contributed by atoms with Crippen molar-refractivity contribution in [2.24, 2.45) is 7.05 Å². The summed E-state index contributed by atoms with van der Waals surface area (Å²) in [5.74, 6) is 0.566. The predicted molar refractivity (Wildman–Crippen MR) is 77.2 cm³/mol. The maximum absolute atomic E-state index is 11.8. The van der Waals surface area contributed by atoms with E-state index in [2.05, 4.69) is 15.1 Å². The summed E-state index contributed by atoms with van der Waals surface area (Å²) in [6.07, 6.45) is 3.53. The third kappa shape index (κ3) is 2.38. The van der Waals surface area contributed by atoms with Crippen molar-refractivity contribution in [2.75, 3.05) is 0 Å². The predicted octanol–water partition coefficient (Wildman–Crippen LogP) is 2.15. The minimum Gasteiger partial charge on any atom is -0.306 e. The number of aryl methyl sites for hydroxylation is 2. The Kier molecular flexibility index (Phi) is 2.95. The molecule has 20 heavy (non-hydrogen) atoms. The van der Waals surface area contributed by atoms with Crippen LogP contribution in [0.4, 0.5) is 0 Å². The number of H-pyrrole nitrogens is 1. The maximum Gasteiger partial charge on any atom is 0.251 e. The number of hydrogen-bond donors (Lipinski definition) is 1. The number of nitrogens with one attached hydrogen (secondary N) is 1. The van der Waals surface area contributed by atoms with Crippen LogP contribution in [0.15, 0.2) is 47.5 Å². The van der Waals surface area contributed by atoms with Crippen LogP contribution in [0, 0.1) is 6.92 Å². The first-order valence-electron chi connectivity index (χ1n) is 6.29. The Morgan fingerprint density at radius 1 is 1.15 bits per heavy atom. The summed E-state index contributed by atoms with van der Waals surface area (Å²) in [5.41, 5.74) is 3.33. The van der Waals surface area contributed by atoms with Crippen LogP contribution in [0.2, 0.25) is 0 Å². The Morgan fingerprint density at radius 3 is 2.55 bits per heavy atom. The van der Waals surface area contributed by atoms with Crippen molar-refractivity contribution < 1.29 is 0 Å². The fourth-order valence-corrected chi connectivity index (χ4v) is 2.01. The van der Waals surface area contributed by atoms with Gasteiger partial charge >= 0.3 is 0 Å². The summed E-state index contributed by atoms with van der Waals surface area (Å²) in [5, 5.41) is 4.10. The van der Waals surface area contributed by atoms with Gasteiger partial charge in [-0.1, -0.05) is 29.8 Å². The van der Waals surface area contributed by atoms with Gasteiger partial charge in [-0.3, -0.25) is 9.48 Å². The number of nitrogens with zero attached hydrogens (tertiary/aromatic N) is 3. The summed E-state index contributed by atoms with van der Waals surface area (Å²) in [4.78, 5) is 19.1. The molecule has 0 aliphatic rings. The molecule has 1 N–H and O–H groups in total. The lowest BCUT2D eigenvalue weighted by Gasteiger charge is -2.03. The van der Waals surface area contributed by atoms with E-state index in [0.717, 1.165) is 11.1 Å². The molecule has 3 aromatic rings. The van der Waals surface area contributed by atoms with Crippen molar-refractivity contribution in [2.45, 2.75) is 6.92 Å². The van der Waals surface area contributed by atoms with Crippen molar-refractivity contribution in [1.29, 1.82) is 0 Å². The maximum atomic E-state index is 11.8. The van der Waals surface area contributed by atoms with E-state index in [1.807, 2.05) is 44.4 Å². The van der Waals surface area contributed by atoms with Crippen LogP contribution in [0.1, 0.15) is 5.56 Å². The van der Waals surface area contributed by atoms with Gasteiger partial charge < -0.3 is 4.98 Å². The molecule has 0 spiro atoms. The van der Waals surface area contributed by atoms with Gasteiger partial charge in [0.25, 0.3) is 5.56 Å². The van der Waals surface area contributed by atoms with E-state index < -0.39 is 0 Å². The first-order chi connectivity index (χ1) is 9.61. The highest BCUT2D eigenvalue weighted by atomic mass is 16.1. The molecule has 0 fully saturated rings. The van der Waals surface area contributed by atoms with E-state index in [9.17, 15) is 4.79 Å². The van der Waals surface area contributed by atoms with Crippen LogP contribution >= 0.6 is 0 Å². The van der Waals surface area contributed by atoms with E-state index in [1.54, 1.807) is 10.9 Å². The fraction of sp³-hybridized carbons (Fsp3) is 0.133. The van der Waals surface area contributed by atoms with Gasteiger partial charge in [0.15, 0.2) is 0 Å². The molecule has 0 aliphatic heterocycles. The molecule has 5 heteroatoms. The van der Waals surface area contributed by atoms with Gasteiger partial charge in [-0.2, -0.15) is 5.10 Å². The molecule has 1 aromatic carbocycles. The summed E-state index contributed by atoms with van der Waals surface area (Å²) in [6, 6.07) is 9.36. The average molecular weight is 266 g/mol. The van der Waals surface area contributed by atoms with Crippen molar-refractivity contribution in [3.8, 4) is 22.6 Å². The molecule has 0 unspecified atom stereocenters. The lowest BCUT2D eigenvalue weighted by molar-refractivity contribution is 0.768. The molecule has 5 nitrogen and oxygen atoms in total. The van der Waals surface area contributed by atoms with Crippen LogP contribution in [0.5, 0.6) is 0 Å². The number of rotatable bonds is 2. The Labute approximate surface area is 115 Å². The summed E-state index contributed by atoms with van der Waals surface area (Å²) < 4.78 is 1.68. The molecule has 3 rings (SSSR count). The van der Waals surface area contributed by atoms with Crippen LogP contribution in [-0.4, -0.2) is 19.7 Å². The molecular weight excluding hydrogens is 252 g/mol. The summed E-state index contributed by atoms with van der Waals surface area (Å²) in [6.45, 7) is 2.02. The number of aromatic nitrogens is 4. The highest BCUT2D eigenvalue weighted by Crippen LogP contribution is 2.19. The van der Waals surface area contributed by atoms with Crippen LogP contribution in [0.3, 0.4) is 0 Å². The van der Waals surface area contributed by atoms with E-state index in [0.29, 0.717) is 11.5 Å². The normalized spacial score (nSPS) is 10.7. The summed E-state index contributed by atoms with van der Waals surface area (Å²) in [7, 11) is 1.83. The van der Waals surface area contributed by atoms with Crippen LogP contribution < -0.4 is 5.56 Å². The Hall–Kier alpha value is -2.69. The second-order valence-electron chi connectivity index (χ2n) is 4.75. The molecule has 2 aromatic heterocycles.